The Kier molecular flexibility index (Phi) is 3.29. The Labute approximate surface area is 129 Å². The summed E-state index contributed by atoms with van der Waals surface area (Å²) in [6.45, 7) is 0. The van der Waals surface area contributed by atoms with Crippen LogP contribution in [0.25, 0.3) is 0 Å². The molecule has 0 aromatic heterocycles. The topological polar surface area (TPSA) is 118 Å². The maximum atomic E-state index is 12.3. The maximum Gasteiger partial charge on any atom is 0.200 e. The number of Topliss-reactive ketones (excluding diaryl/α,β-unsaturated/α-hetero) is 1. The van der Waals surface area contributed by atoms with Gasteiger partial charge in [-0.2, -0.15) is 0 Å². The lowest BCUT2D eigenvalue weighted by Crippen LogP contribution is -2.17. The summed E-state index contributed by atoms with van der Waals surface area (Å²) < 4.78 is 0. The van der Waals surface area contributed by atoms with Crippen LogP contribution in [0.4, 0.5) is 0 Å². The van der Waals surface area contributed by atoms with Crippen LogP contribution in [-0.4, -0.2) is 31.3 Å². The van der Waals surface area contributed by atoms with Gasteiger partial charge in [0, 0.05) is 16.9 Å². The maximum absolute atomic E-state index is 12.3. The predicted octanol–water partition coefficient (Wildman–Crippen LogP) is 2.17. The molecule has 0 aliphatic carbocycles. The third-order valence-corrected chi connectivity index (χ3v) is 4.90. The van der Waals surface area contributed by atoms with Crippen molar-refractivity contribution in [3.8, 4) is 28.7 Å². The molecule has 1 aliphatic rings. The molecular formula is C15H12O6S. The van der Waals surface area contributed by atoms with Gasteiger partial charge >= 0.3 is 0 Å². The molecule has 114 valence electrons. The van der Waals surface area contributed by atoms with Crippen molar-refractivity contribution in [1.82, 2.24) is 0 Å². The average molecular weight is 320 g/mol. The molecule has 7 heteroatoms. The summed E-state index contributed by atoms with van der Waals surface area (Å²) in [6, 6.07) is 5.40. The molecule has 0 fully saturated rings. The zero-order valence-electron chi connectivity index (χ0n) is 11.1. The number of rotatable bonds is 1. The summed E-state index contributed by atoms with van der Waals surface area (Å²) in [7, 11) is 0. The zero-order chi connectivity index (χ0) is 16.0. The number of hydrogen-bond acceptors (Lipinski definition) is 7. The molecule has 2 aromatic rings. The first-order valence-electron chi connectivity index (χ1n) is 6.36. The van der Waals surface area contributed by atoms with Crippen molar-refractivity contribution in [1.29, 1.82) is 0 Å². The van der Waals surface area contributed by atoms with E-state index in [-0.39, 0.29) is 29.3 Å². The minimum atomic E-state index is -0.645. The van der Waals surface area contributed by atoms with Crippen molar-refractivity contribution in [3.63, 3.8) is 0 Å². The van der Waals surface area contributed by atoms with E-state index in [1.165, 1.54) is 24.3 Å². The van der Waals surface area contributed by atoms with Crippen LogP contribution < -0.4 is 0 Å². The van der Waals surface area contributed by atoms with E-state index in [1.807, 2.05) is 0 Å². The highest BCUT2D eigenvalue weighted by molar-refractivity contribution is 8.00. The normalized spacial score (nSPS) is 17.3. The SMILES string of the molecule is O=C1Cc2c(cc(O)c(O)c2O)SC1c1ccc(O)c(O)c1. The van der Waals surface area contributed by atoms with Gasteiger partial charge in [-0.15, -0.1) is 11.8 Å². The molecule has 3 rings (SSSR count). The number of phenolic OH excluding ortho intramolecular Hbond substituents is 5. The minimum Gasteiger partial charge on any atom is -0.504 e. The van der Waals surface area contributed by atoms with Gasteiger partial charge in [0.05, 0.1) is 5.25 Å². The number of ketones is 1. The molecule has 1 aliphatic heterocycles. The smallest absolute Gasteiger partial charge is 0.200 e. The average Bonchev–Trinajstić information content (AvgIpc) is 2.48. The summed E-state index contributed by atoms with van der Waals surface area (Å²) in [5.41, 5.74) is 0.771. The van der Waals surface area contributed by atoms with Crippen molar-refractivity contribution in [2.24, 2.45) is 0 Å². The van der Waals surface area contributed by atoms with E-state index >= 15 is 0 Å². The Hall–Kier alpha value is -2.54. The van der Waals surface area contributed by atoms with Gasteiger partial charge < -0.3 is 25.5 Å². The Morgan fingerprint density at radius 2 is 1.64 bits per heavy atom. The van der Waals surface area contributed by atoms with Crippen molar-refractivity contribution >= 4 is 17.5 Å². The summed E-state index contributed by atoms with van der Waals surface area (Å²) in [6.07, 6.45) is -0.103. The van der Waals surface area contributed by atoms with Gasteiger partial charge in [-0.05, 0) is 23.8 Å². The Bertz CT molecular complexity index is 786. The van der Waals surface area contributed by atoms with E-state index in [2.05, 4.69) is 0 Å². The fourth-order valence-corrected chi connectivity index (χ4v) is 3.60. The van der Waals surface area contributed by atoms with Crippen molar-refractivity contribution in [2.45, 2.75) is 16.6 Å². The van der Waals surface area contributed by atoms with E-state index in [1.54, 1.807) is 0 Å². The molecule has 0 amide bonds. The van der Waals surface area contributed by atoms with Gasteiger partial charge in [0.2, 0.25) is 5.75 Å². The Morgan fingerprint density at radius 3 is 2.32 bits per heavy atom. The molecule has 5 N–H and O–H groups in total. The number of aromatic hydroxyl groups is 5. The van der Waals surface area contributed by atoms with E-state index < -0.39 is 22.5 Å². The second kappa shape index (κ2) is 5.03. The van der Waals surface area contributed by atoms with E-state index in [0.717, 1.165) is 11.8 Å². The molecule has 0 bridgehead atoms. The van der Waals surface area contributed by atoms with Crippen molar-refractivity contribution in [2.75, 3.05) is 0 Å². The Morgan fingerprint density at radius 1 is 0.909 bits per heavy atom. The monoisotopic (exact) mass is 320 g/mol. The summed E-state index contributed by atoms with van der Waals surface area (Å²) >= 11 is 1.10. The number of thioether (sulfide) groups is 1. The van der Waals surface area contributed by atoms with Gasteiger partial charge in [0.15, 0.2) is 28.8 Å². The standard InChI is InChI=1S/C15H12O6S/c16-8-2-1-6(3-9(8)17)15-11(19)4-7-12(22-15)5-10(18)14(21)13(7)20/h1-3,5,15-18,20-21H,4H2. The summed E-state index contributed by atoms with van der Waals surface area (Å²) in [4.78, 5) is 12.8. The number of benzene rings is 2. The second-order valence-electron chi connectivity index (χ2n) is 4.96. The molecule has 0 radical (unpaired) electrons. The first kappa shape index (κ1) is 14.4. The molecule has 0 saturated carbocycles. The van der Waals surface area contributed by atoms with E-state index in [0.29, 0.717) is 10.5 Å². The van der Waals surface area contributed by atoms with Crippen LogP contribution in [0.15, 0.2) is 29.2 Å². The molecule has 6 nitrogen and oxygen atoms in total. The lowest BCUT2D eigenvalue weighted by molar-refractivity contribution is -0.118. The van der Waals surface area contributed by atoms with Gasteiger partial charge in [-0.1, -0.05) is 6.07 Å². The first-order valence-corrected chi connectivity index (χ1v) is 7.24. The lowest BCUT2D eigenvalue weighted by Gasteiger charge is -2.24. The molecule has 0 spiro atoms. The molecule has 1 atom stereocenters. The summed E-state index contributed by atoms with van der Waals surface area (Å²) in [5.74, 6) is -2.44. The van der Waals surface area contributed by atoms with Crippen LogP contribution in [0.2, 0.25) is 0 Å². The minimum absolute atomic E-state index is 0.103. The zero-order valence-corrected chi connectivity index (χ0v) is 12.0. The predicted molar refractivity (Wildman–Crippen MR) is 78.5 cm³/mol. The molecule has 22 heavy (non-hydrogen) atoms. The number of carbonyl (C=O) groups excluding carboxylic acids is 1. The van der Waals surface area contributed by atoms with Crippen LogP contribution in [0, 0.1) is 0 Å². The van der Waals surface area contributed by atoms with Gasteiger partial charge in [-0.3, -0.25) is 4.79 Å². The highest BCUT2D eigenvalue weighted by Gasteiger charge is 2.32. The number of carbonyl (C=O) groups is 1. The van der Waals surface area contributed by atoms with Crippen LogP contribution in [0.5, 0.6) is 28.7 Å². The summed E-state index contributed by atoms with van der Waals surface area (Å²) in [5, 5.41) is 47.2. The number of phenols is 5. The molecule has 2 aromatic carbocycles. The van der Waals surface area contributed by atoms with Crippen LogP contribution in [0.1, 0.15) is 16.4 Å². The molecular weight excluding hydrogens is 308 g/mol. The van der Waals surface area contributed by atoms with Crippen LogP contribution in [-0.2, 0) is 11.2 Å². The highest BCUT2D eigenvalue weighted by Crippen LogP contribution is 2.51. The van der Waals surface area contributed by atoms with Gasteiger partial charge in [0.25, 0.3) is 0 Å². The lowest BCUT2D eigenvalue weighted by atomic mass is 9.99. The van der Waals surface area contributed by atoms with E-state index in [9.17, 15) is 30.3 Å². The van der Waals surface area contributed by atoms with Gasteiger partial charge in [-0.25, -0.2) is 0 Å². The number of hydrogen-bond donors (Lipinski definition) is 5. The third kappa shape index (κ3) is 2.19. The first-order chi connectivity index (χ1) is 10.4. The van der Waals surface area contributed by atoms with Crippen LogP contribution in [0.3, 0.4) is 0 Å². The van der Waals surface area contributed by atoms with Crippen molar-refractivity contribution in [3.05, 3.63) is 35.4 Å². The fourth-order valence-electron chi connectivity index (χ4n) is 2.35. The fraction of sp³-hybridized carbons (Fsp3) is 0.133. The second-order valence-corrected chi connectivity index (χ2v) is 6.11. The quantitative estimate of drug-likeness (QED) is 0.511. The highest BCUT2D eigenvalue weighted by atomic mass is 32.2. The van der Waals surface area contributed by atoms with Crippen LogP contribution >= 0.6 is 11.8 Å². The van der Waals surface area contributed by atoms with E-state index in [4.69, 9.17) is 0 Å². The number of fused-ring (bicyclic) bond motifs is 1. The largest absolute Gasteiger partial charge is 0.504 e. The molecule has 0 saturated heterocycles. The molecule has 1 unspecified atom stereocenters. The molecule has 1 heterocycles. The van der Waals surface area contributed by atoms with Crippen molar-refractivity contribution < 1.29 is 30.3 Å². The third-order valence-electron chi connectivity index (χ3n) is 3.51. The van der Waals surface area contributed by atoms with Gasteiger partial charge in [0.1, 0.15) is 0 Å². The Balaban J connectivity index is 2.04.